The van der Waals surface area contributed by atoms with Crippen molar-refractivity contribution >= 4 is 0 Å². The van der Waals surface area contributed by atoms with Gasteiger partial charge in [0.25, 0.3) is 0 Å². The van der Waals surface area contributed by atoms with Gasteiger partial charge in [-0.25, -0.2) is 0 Å². The van der Waals surface area contributed by atoms with Crippen molar-refractivity contribution in [1.82, 2.24) is 0 Å². The summed E-state index contributed by atoms with van der Waals surface area (Å²) in [4.78, 5) is 0. The molecule has 0 saturated heterocycles. The average molecular weight is 209 g/mol. The minimum atomic E-state index is -0.247. The molecule has 0 aromatic carbocycles. The van der Waals surface area contributed by atoms with Crippen LogP contribution in [0.5, 0.6) is 0 Å². The third kappa shape index (κ3) is 1.70. The van der Waals surface area contributed by atoms with Crippen LogP contribution in [0.1, 0.15) is 6.42 Å². The van der Waals surface area contributed by atoms with E-state index in [0.29, 0.717) is 0 Å². The van der Waals surface area contributed by atoms with Crippen LogP contribution in [0.2, 0.25) is 0 Å². The maximum atomic E-state index is 8.88. The van der Waals surface area contributed by atoms with E-state index >= 15 is 0 Å². The Balaban J connectivity index is 3.11. The van der Waals surface area contributed by atoms with Gasteiger partial charge >= 0.3 is 0 Å². The molecule has 75 valence electrons. The van der Waals surface area contributed by atoms with E-state index in [0.717, 1.165) is 0 Å². The zero-order valence-electron chi connectivity index (χ0n) is 8.15. The van der Waals surface area contributed by atoms with Gasteiger partial charge in [-0.1, -0.05) is 0 Å². The second-order valence-electron chi connectivity index (χ2n) is 2.90. The SMILES string of the molecule is N#C[C]1[C](C#N)[C](C#N)[C](CCO)[C]1C#N. The first kappa shape index (κ1) is 12.0. The molecule has 1 N–H and O–H groups in total. The minimum absolute atomic E-state index is 0.0182. The fraction of sp³-hybridized carbons (Fsp3) is 0.182. The van der Waals surface area contributed by atoms with Crippen LogP contribution in [0.3, 0.4) is 0 Å². The van der Waals surface area contributed by atoms with Gasteiger partial charge < -0.3 is 5.11 Å². The fourth-order valence-corrected chi connectivity index (χ4v) is 1.51. The van der Waals surface area contributed by atoms with E-state index in [1.165, 1.54) is 0 Å². The number of hydrogen-bond donors (Lipinski definition) is 1. The van der Waals surface area contributed by atoms with Gasteiger partial charge in [0.1, 0.15) is 23.7 Å². The van der Waals surface area contributed by atoms with Crippen molar-refractivity contribution in [2.75, 3.05) is 6.61 Å². The lowest BCUT2D eigenvalue weighted by atomic mass is 9.86. The quantitative estimate of drug-likeness (QED) is 0.704. The standard InChI is InChI=1S/C11H5N4O/c12-3-8-7(1-2-16)9(4-13)11(6-15)10(8)5-14/h16H,1-2H2. The molecule has 0 atom stereocenters. The number of hydrogen-bond acceptors (Lipinski definition) is 5. The predicted octanol–water partition coefficient (Wildman–Crippen LogP) is 0.349. The molecule has 1 fully saturated rings. The first-order valence-electron chi connectivity index (χ1n) is 4.31. The summed E-state index contributed by atoms with van der Waals surface area (Å²) in [7, 11) is 0. The number of nitriles is 4. The van der Waals surface area contributed by atoms with Crippen LogP contribution in [0.4, 0.5) is 0 Å². The smallest absolute Gasteiger partial charge is 0.122 e. The van der Waals surface area contributed by atoms with Crippen LogP contribution in [-0.4, -0.2) is 11.7 Å². The largest absolute Gasteiger partial charge is 0.396 e. The van der Waals surface area contributed by atoms with E-state index in [1.54, 1.807) is 24.3 Å². The molecular weight excluding hydrogens is 204 g/mol. The Kier molecular flexibility index (Phi) is 3.84. The molecule has 0 amide bonds. The van der Waals surface area contributed by atoms with E-state index in [9.17, 15) is 0 Å². The van der Waals surface area contributed by atoms with Gasteiger partial charge in [0, 0.05) is 12.5 Å². The summed E-state index contributed by atoms with van der Waals surface area (Å²) in [5.74, 6) is 0.157. The molecule has 0 aromatic heterocycles. The monoisotopic (exact) mass is 209 g/mol. The molecule has 0 bridgehead atoms. The Labute approximate surface area is 93.7 Å². The first-order valence-corrected chi connectivity index (χ1v) is 4.31. The van der Waals surface area contributed by atoms with Crippen LogP contribution in [0.25, 0.3) is 0 Å². The molecule has 5 nitrogen and oxygen atoms in total. The van der Waals surface area contributed by atoms with Crippen LogP contribution in [0, 0.1) is 74.9 Å². The van der Waals surface area contributed by atoms with Crippen molar-refractivity contribution < 1.29 is 5.11 Å². The Morgan fingerprint density at radius 3 is 1.38 bits per heavy atom. The molecule has 0 aliphatic heterocycles. The van der Waals surface area contributed by atoms with Gasteiger partial charge in [-0.2, -0.15) is 21.0 Å². The van der Waals surface area contributed by atoms with Gasteiger partial charge in [0.2, 0.25) is 0 Å². The number of aliphatic hydroxyl groups is 1. The molecule has 0 unspecified atom stereocenters. The van der Waals surface area contributed by atoms with Crippen molar-refractivity contribution in [3.63, 3.8) is 0 Å². The minimum Gasteiger partial charge on any atom is -0.396 e. The van der Waals surface area contributed by atoms with Crippen molar-refractivity contribution in [2.45, 2.75) is 6.42 Å². The van der Waals surface area contributed by atoms with E-state index in [1.807, 2.05) is 0 Å². The number of aliphatic hydroxyl groups excluding tert-OH is 1. The lowest BCUT2D eigenvalue weighted by molar-refractivity contribution is 0.293. The molecule has 0 aromatic rings. The van der Waals surface area contributed by atoms with Gasteiger partial charge in [0.05, 0.1) is 24.3 Å². The highest BCUT2D eigenvalue weighted by atomic mass is 16.3. The first-order chi connectivity index (χ1) is 7.74. The molecule has 1 rings (SSSR count). The third-order valence-corrected chi connectivity index (χ3v) is 2.16. The molecule has 16 heavy (non-hydrogen) atoms. The summed E-state index contributed by atoms with van der Waals surface area (Å²) < 4.78 is 0. The average Bonchev–Trinajstić information content (AvgIpc) is 2.61. The molecule has 5 heteroatoms. The Hall–Kier alpha value is -2.08. The normalized spacial score (nSPS) is 19.8. The molecule has 0 heterocycles. The van der Waals surface area contributed by atoms with Crippen molar-refractivity contribution in [2.24, 2.45) is 0 Å². The second kappa shape index (κ2) is 5.13. The molecule has 5 radical (unpaired) electrons. The zero-order valence-corrected chi connectivity index (χ0v) is 8.15. The summed E-state index contributed by atoms with van der Waals surface area (Å²) in [5.41, 5.74) is 0. The van der Waals surface area contributed by atoms with Crippen LogP contribution < -0.4 is 0 Å². The highest BCUT2D eigenvalue weighted by Crippen LogP contribution is 2.53. The fourth-order valence-electron chi connectivity index (χ4n) is 1.51. The molecule has 1 aliphatic rings. The van der Waals surface area contributed by atoms with Gasteiger partial charge in [-0.15, -0.1) is 0 Å². The van der Waals surface area contributed by atoms with E-state index in [4.69, 9.17) is 26.2 Å². The Morgan fingerprint density at radius 1 is 0.750 bits per heavy atom. The lowest BCUT2D eigenvalue weighted by Gasteiger charge is -2.12. The predicted molar refractivity (Wildman–Crippen MR) is 50.4 cm³/mol. The zero-order chi connectivity index (χ0) is 12.1. The Bertz CT molecular complexity index is 381. The Morgan fingerprint density at radius 2 is 1.12 bits per heavy atom. The van der Waals surface area contributed by atoms with Crippen molar-refractivity contribution in [3.8, 4) is 24.3 Å². The third-order valence-electron chi connectivity index (χ3n) is 2.16. The lowest BCUT2D eigenvalue weighted by Crippen LogP contribution is -2.11. The molecular formula is C11H5N4O. The summed E-state index contributed by atoms with van der Waals surface area (Å²) in [5, 5.41) is 44.3. The van der Waals surface area contributed by atoms with E-state index < -0.39 is 0 Å². The van der Waals surface area contributed by atoms with Gasteiger partial charge in [-0.05, 0) is 6.42 Å². The molecule has 1 aliphatic carbocycles. The maximum absolute atomic E-state index is 8.88. The van der Waals surface area contributed by atoms with Crippen LogP contribution in [0.15, 0.2) is 0 Å². The summed E-state index contributed by atoms with van der Waals surface area (Å²) in [6, 6.07) is 7.07. The number of rotatable bonds is 2. The van der Waals surface area contributed by atoms with Crippen molar-refractivity contribution in [1.29, 1.82) is 21.0 Å². The molecule has 1 saturated carbocycles. The van der Waals surface area contributed by atoms with Crippen molar-refractivity contribution in [3.05, 3.63) is 29.6 Å². The van der Waals surface area contributed by atoms with Crippen LogP contribution >= 0.6 is 0 Å². The van der Waals surface area contributed by atoms with Gasteiger partial charge in [-0.3, -0.25) is 0 Å². The summed E-state index contributed by atoms with van der Waals surface area (Å²) in [6.45, 7) is -0.247. The summed E-state index contributed by atoms with van der Waals surface area (Å²) in [6.07, 6.45) is 0.0855. The highest BCUT2D eigenvalue weighted by molar-refractivity contribution is 5.77. The van der Waals surface area contributed by atoms with Crippen LogP contribution in [-0.2, 0) is 0 Å². The summed E-state index contributed by atoms with van der Waals surface area (Å²) >= 11 is 0. The van der Waals surface area contributed by atoms with E-state index in [2.05, 4.69) is 0 Å². The maximum Gasteiger partial charge on any atom is 0.122 e. The second-order valence-corrected chi connectivity index (χ2v) is 2.90. The van der Waals surface area contributed by atoms with E-state index in [-0.39, 0.29) is 42.6 Å². The number of nitrogens with zero attached hydrogens (tertiary/aromatic N) is 4. The molecule has 0 spiro atoms. The topological polar surface area (TPSA) is 115 Å². The highest BCUT2D eigenvalue weighted by Gasteiger charge is 2.54. The van der Waals surface area contributed by atoms with Gasteiger partial charge in [0.15, 0.2) is 0 Å².